The topological polar surface area (TPSA) is 48.4 Å². The van der Waals surface area contributed by atoms with Crippen molar-refractivity contribution >= 4 is 16.8 Å². The molecule has 2 rings (SSSR count). The van der Waals surface area contributed by atoms with Crippen molar-refractivity contribution in [1.82, 2.24) is 4.98 Å². The van der Waals surface area contributed by atoms with Crippen molar-refractivity contribution in [3.63, 3.8) is 0 Å². The maximum absolute atomic E-state index is 11.2. The van der Waals surface area contributed by atoms with Gasteiger partial charge in [-0.2, -0.15) is 0 Å². The summed E-state index contributed by atoms with van der Waals surface area (Å²) in [6.45, 7) is 5.75. The Hall–Kier alpha value is -1.13. The van der Waals surface area contributed by atoms with Crippen LogP contribution in [0.25, 0.3) is 0 Å². The molecule has 0 atom stereocenters. The Morgan fingerprint density at radius 1 is 1.56 bits per heavy atom. The second kappa shape index (κ2) is 3.71. The number of rotatable bonds is 1. The van der Waals surface area contributed by atoms with Crippen LogP contribution in [-0.4, -0.2) is 16.0 Å². The monoisotopic (exact) mass is 241 g/mol. The number of ether oxygens (including phenoxy) is 2. The summed E-state index contributed by atoms with van der Waals surface area (Å²) in [5.41, 5.74) is 1.75. The molecule has 16 heavy (non-hydrogen) atoms. The van der Waals surface area contributed by atoms with Crippen molar-refractivity contribution in [2.75, 3.05) is 0 Å². The number of pyridine rings is 1. The Labute approximate surface area is 98.5 Å². The standard InChI is InChI=1S/C11H12ClNO3/c1-6-9-8(5-15-11(2,3)16-9)7(4-13-6)10(12)14/h4H,5H2,1-3H3. The van der Waals surface area contributed by atoms with Crippen LogP contribution in [0.1, 0.15) is 35.5 Å². The number of nitrogens with zero attached hydrogens (tertiary/aromatic N) is 1. The zero-order chi connectivity index (χ0) is 11.9. The lowest BCUT2D eigenvalue weighted by atomic mass is 10.1. The molecule has 0 spiro atoms. The summed E-state index contributed by atoms with van der Waals surface area (Å²) in [4.78, 5) is 15.3. The third-order valence-corrected chi connectivity index (χ3v) is 2.64. The molecule has 86 valence electrons. The third-order valence-electron chi connectivity index (χ3n) is 2.44. The van der Waals surface area contributed by atoms with E-state index < -0.39 is 11.0 Å². The molecule has 0 aromatic carbocycles. The predicted octanol–water partition coefficient (Wildman–Crippen LogP) is 2.41. The van der Waals surface area contributed by atoms with Gasteiger partial charge in [0.25, 0.3) is 5.24 Å². The number of carbonyl (C=O) groups is 1. The van der Waals surface area contributed by atoms with E-state index in [0.717, 1.165) is 5.69 Å². The molecule has 2 heterocycles. The number of hydrogen-bond donors (Lipinski definition) is 0. The predicted molar refractivity (Wildman–Crippen MR) is 58.7 cm³/mol. The van der Waals surface area contributed by atoms with Crippen LogP contribution in [0.5, 0.6) is 5.75 Å². The number of aryl methyl sites for hydroxylation is 1. The van der Waals surface area contributed by atoms with E-state index in [1.54, 1.807) is 0 Å². The van der Waals surface area contributed by atoms with E-state index in [9.17, 15) is 4.79 Å². The smallest absolute Gasteiger partial charge is 0.254 e. The van der Waals surface area contributed by atoms with Crippen molar-refractivity contribution in [2.45, 2.75) is 33.2 Å². The Bertz CT molecular complexity index is 457. The molecule has 0 aliphatic carbocycles. The van der Waals surface area contributed by atoms with Gasteiger partial charge in [0.15, 0.2) is 5.75 Å². The van der Waals surface area contributed by atoms with Crippen LogP contribution < -0.4 is 4.74 Å². The molecule has 0 radical (unpaired) electrons. The minimum atomic E-state index is -0.701. The van der Waals surface area contributed by atoms with Gasteiger partial charge in [0, 0.05) is 25.6 Å². The van der Waals surface area contributed by atoms with E-state index in [-0.39, 0.29) is 0 Å². The maximum Gasteiger partial charge on any atom is 0.254 e. The van der Waals surface area contributed by atoms with Gasteiger partial charge >= 0.3 is 0 Å². The number of carbonyl (C=O) groups excluding carboxylic acids is 1. The van der Waals surface area contributed by atoms with Crippen molar-refractivity contribution in [3.8, 4) is 5.75 Å². The van der Waals surface area contributed by atoms with Gasteiger partial charge in [-0.05, 0) is 18.5 Å². The van der Waals surface area contributed by atoms with Crippen LogP contribution in [0.15, 0.2) is 6.20 Å². The van der Waals surface area contributed by atoms with Crippen LogP contribution in [0.4, 0.5) is 0 Å². The van der Waals surface area contributed by atoms with Crippen molar-refractivity contribution in [3.05, 3.63) is 23.0 Å². The zero-order valence-electron chi connectivity index (χ0n) is 9.33. The van der Waals surface area contributed by atoms with Crippen LogP contribution >= 0.6 is 11.6 Å². The SMILES string of the molecule is Cc1ncc(C(=O)Cl)c2c1OC(C)(C)OC2. The number of halogens is 1. The summed E-state index contributed by atoms with van der Waals surface area (Å²) in [5, 5.41) is -0.546. The summed E-state index contributed by atoms with van der Waals surface area (Å²) in [7, 11) is 0. The van der Waals surface area contributed by atoms with Crippen LogP contribution in [-0.2, 0) is 11.3 Å². The first-order valence-electron chi connectivity index (χ1n) is 4.92. The molecule has 1 aromatic rings. The van der Waals surface area contributed by atoms with Gasteiger partial charge in [-0.1, -0.05) is 0 Å². The normalized spacial score (nSPS) is 17.5. The highest BCUT2D eigenvalue weighted by atomic mass is 35.5. The Morgan fingerprint density at radius 3 is 2.88 bits per heavy atom. The number of hydrogen-bond acceptors (Lipinski definition) is 4. The summed E-state index contributed by atoms with van der Waals surface area (Å²) in [6.07, 6.45) is 1.45. The molecule has 0 amide bonds. The van der Waals surface area contributed by atoms with Crippen LogP contribution in [0.3, 0.4) is 0 Å². The largest absolute Gasteiger partial charge is 0.461 e. The average Bonchev–Trinajstić information content (AvgIpc) is 2.18. The molecule has 0 bridgehead atoms. The van der Waals surface area contributed by atoms with E-state index in [2.05, 4.69) is 4.98 Å². The Balaban J connectivity index is 2.56. The van der Waals surface area contributed by atoms with Crippen molar-refractivity contribution in [1.29, 1.82) is 0 Å². The minimum absolute atomic E-state index is 0.305. The lowest BCUT2D eigenvalue weighted by Gasteiger charge is -2.33. The first kappa shape index (κ1) is 11.4. The van der Waals surface area contributed by atoms with Gasteiger partial charge in [-0.3, -0.25) is 9.78 Å². The minimum Gasteiger partial charge on any atom is -0.461 e. The zero-order valence-corrected chi connectivity index (χ0v) is 10.1. The molecule has 5 heteroatoms. The van der Waals surface area contributed by atoms with E-state index in [4.69, 9.17) is 21.1 Å². The highest BCUT2D eigenvalue weighted by Crippen LogP contribution is 2.35. The van der Waals surface area contributed by atoms with Crippen molar-refractivity contribution < 1.29 is 14.3 Å². The van der Waals surface area contributed by atoms with Gasteiger partial charge in [0.1, 0.15) is 0 Å². The van der Waals surface area contributed by atoms with Crippen LogP contribution in [0, 0.1) is 6.92 Å². The molecule has 0 saturated heterocycles. The molecule has 0 fully saturated rings. The summed E-state index contributed by atoms with van der Waals surface area (Å²) in [5.74, 6) is -0.101. The molecule has 4 nitrogen and oxygen atoms in total. The summed E-state index contributed by atoms with van der Waals surface area (Å²) in [6, 6.07) is 0. The van der Waals surface area contributed by atoms with Crippen molar-refractivity contribution in [2.24, 2.45) is 0 Å². The second-order valence-corrected chi connectivity index (χ2v) is 4.47. The summed E-state index contributed by atoms with van der Waals surface area (Å²) >= 11 is 5.47. The highest BCUT2D eigenvalue weighted by Gasteiger charge is 2.31. The van der Waals surface area contributed by atoms with Crippen LogP contribution in [0.2, 0.25) is 0 Å². The summed E-state index contributed by atoms with van der Waals surface area (Å²) < 4.78 is 11.1. The first-order chi connectivity index (χ1) is 7.41. The molecule has 1 aliphatic rings. The van der Waals surface area contributed by atoms with Gasteiger partial charge in [0.2, 0.25) is 5.79 Å². The van der Waals surface area contributed by atoms with E-state index in [0.29, 0.717) is 23.5 Å². The fourth-order valence-electron chi connectivity index (χ4n) is 1.61. The van der Waals surface area contributed by atoms with E-state index >= 15 is 0 Å². The highest BCUT2D eigenvalue weighted by molar-refractivity contribution is 6.67. The number of fused-ring (bicyclic) bond motifs is 1. The second-order valence-electron chi connectivity index (χ2n) is 4.13. The molecular formula is C11H12ClNO3. The molecule has 1 aromatic heterocycles. The molecular weight excluding hydrogens is 230 g/mol. The molecule has 0 unspecified atom stereocenters. The van der Waals surface area contributed by atoms with Gasteiger partial charge in [-0.25, -0.2) is 0 Å². The molecule has 0 saturated carbocycles. The van der Waals surface area contributed by atoms with E-state index in [1.807, 2.05) is 20.8 Å². The van der Waals surface area contributed by atoms with Gasteiger partial charge < -0.3 is 9.47 Å². The van der Waals surface area contributed by atoms with Gasteiger partial charge in [-0.15, -0.1) is 0 Å². The molecule has 1 aliphatic heterocycles. The van der Waals surface area contributed by atoms with E-state index in [1.165, 1.54) is 6.20 Å². The fourth-order valence-corrected chi connectivity index (χ4v) is 1.77. The number of aromatic nitrogens is 1. The third kappa shape index (κ3) is 1.90. The Kier molecular flexibility index (Phi) is 2.64. The quantitative estimate of drug-likeness (QED) is 0.709. The molecule has 0 N–H and O–H groups in total. The first-order valence-corrected chi connectivity index (χ1v) is 5.30. The Morgan fingerprint density at radius 2 is 2.25 bits per heavy atom. The lowest BCUT2D eigenvalue weighted by molar-refractivity contribution is -0.180. The maximum atomic E-state index is 11.2. The lowest BCUT2D eigenvalue weighted by Crippen LogP contribution is -2.36. The average molecular weight is 242 g/mol. The van der Waals surface area contributed by atoms with Gasteiger partial charge in [0.05, 0.1) is 17.9 Å². The fraction of sp³-hybridized carbons (Fsp3) is 0.455.